The molecule has 2 heterocycles. The fourth-order valence-corrected chi connectivity index (χ4v) is 2.86. The minimum atomic E-state index is -0.0163. The van der Waals surface area contributed by atoms with E-state index in [9.17, 15) is 5.11 Å². The number of fused-ring (bicyclic) bond motifs is 1. The summed E-state index contributed by atoms with van der Waals surface area (Å²) in [6, 6.07) is 12.2. The number of nitrogens with one attached hydrogen (secondary N) is 2. The Kier molecular flexibility index (Phi) is 5.73. The van der Waals surface area contributed by atoms with Crippen LogP contribution in [0.3, 0.4) is 0 Å². The first-order chi connectivity index (χ1) is 12.6. The first-order valence-electron chi connectivity index (χ1n) is 9.16. The van der Waals surface area contributed by atoms with E-state index in [1.165, 1.54) is 5.56 Å². The molecule has 0 saturated carbocycles. The standard InChI is InChI=1S/C20H27N5O/c1-4-16(13-26)23-18-10-19(21-11-15-8-6-5-7-9-15)25-20(24-18)17(12-22-25)14(2)3/h5-10,12,14,16,21,26H,4,11,13H2,1-3H3,(H,23,24)/t16-/m1/s1. The fourth-order valence-electron chi connectivity index (χ4n) is 2.86. The van der Waals surface area contributed by atoms with E-state index in [2.05, 4.69) is 41.7 Å². The van der Waals surface area contributed by atoms with E-state index >= 15 is 0 Å². The maximum atomic E-state index is 9.50. The molecule has 3 aromatic rings. The number of benzene rings is 1. The Labute approximate surface area is 154 Å². The zero-order chi connectivity index (χ0) is 18.5. The number of nitrogens with zero attached hydrogens (tertiary/aromatic N) is 3. The molecule has 0 aliphatic rings. The van der Waals surface area contributed by atoms with Gasteiger partial charge in [0.05, 0.1) is 18.8 Å². The van der Waals surface area contributed by atoms with E-state index in [4.69, 9.17) is 4.98 Å². The fraction of sp³-hybridized carbons (Fsp3) is 0.400. The van der Waals surface area contributed by atoms with Gasteiger partial charge in [0.2, 0.25) is 0 Å². The van der Waals surface area contributed by atoms with Crippen molar-refractivity contribution in [3.8, 4) is 0 Å². The number of rotatable bonds is 8. The van der Waals surface area contributed by atoms with Crippen LogP contribution >= 0.6 is 0 Å². The van der Waals surface area contributed by atoms with Gasteiger partial charge in [-0.1, -0.05) is 51.1 Å². The molecule has 0 spiro atoms. The number of aliphatic hydroxyl groups excluding tert-OH is 1. The third-order valence-electron chi connectivity index (χ3n) is 4.50. The minimum Gasteiger partial charge on any atom is -0.394 e. The normalized spacial score (nSPS) is 12.5. The summed E-state index contributed by atoms with van der Waals surface area (Å²) in [5.74, 6) is 1.95. The SMILES string of the molecule is CC[C@H](CO)Nc1cc(NCc2ccccc2)n2ncc(C(C)C)c2n1. The summed E-state index contributed by atoms with van der Waals surface area (Å²) in [4.78, 5) is 4.75. The molecule has 138 valence electrons. The van der Waals surface area contributed by atoms with E-state index in [0.29, 0.717) is 12.5 Å². The van der Waals surface area contributed by atoms with Crippen LogP contribution in [-0.4, -0.2) is 32.4 Å². The van der Waals surface area contributed by atoms with Gasteiger partial charge in [-0.25, -0.2) is 4.98 Å². The smallest absolute Gasteiger partial charge is 0.163 e. The van der Waals surface area contributed by atoms with Gasteiger partial charge >= 0.3 is 0 Å². The Balaban J connectivity index is 1.96. The summed E-state index contributed by atoms with van der Waals surface area (Å²) < 4.78 is 1.85. The van der Waals surface area contributed by atoms with Gasteiger partial charge in [0.15, 0.2) is 5.65 Å². The van der Waals surface area contributed by atoms with Gasteiger partial charge in [0.25, 0.3) is 0 Å². The van der Waals surface area contributed by atoms with Crippen LogP contribution in [0, 0.1) is 0 Å². The largest absolute Gasteiger partial charge is 0.394 e. The van der Waals surface area contributed by atoms with Crippen molar-refractivity contribution in [2.24, 2.45) is 0 Å². The topological polar surface area (TPSA) is 74.5 Å². The van der Waals surface area contributed by atoms with Gasteiger partial charge in [0.1, 0.15) is 11.6 Å². The van der Waals surface area contributed by atoms with Crippen molar-refractivity contribution in [2.75, 3.05) is 17.2 Å². The van der Waals surface area contributed by atoms with Crippen molar-refractivity contribution < 1.29 is 5.11 Å². The molecule has 0 saturated heterocycles. The second-order valence-electron chi connectivity index (χ2n) is 6.79. The van der Waals surface area contributed by atoms with Gasteiger partial charge in [-0.3, -0.25) is 0 Å². The highest BCUT2D eigenvalue weighted by Crippen LogP contribution is 2.24. The molecular weight excluding hydrogens is 326 g/mol. The van der Waals surface area contributed by atoms with Crippen LogP contribution in [-0.2, 0) is 6.54 Å². The van der Waals surface area contributed by atoms with Crippen LogP contribution in [0.1, 0.15) is 44.2 Å². The van der Waals surface area contributed by atoms with Gasteiger partial charge in [-0.15, -0.1) is 0 Å². The molecule has 0 aliphatic carbocycles. The summed E-state index contributed by atoms with van der Waals surface area (Å²) >= 11 is 0. The Hall–Kier alpha value is -2.60. The highest BCUT2D eigenvalue weighted by atomic mass is 16.3. The van der Waals surface area contributed by atoms with Crippen LogP contribution in [0.15, 0.2) is 42.6 Å². The Morgan fingerprint density at radius 1 is 1.19 bits per heavy atom. The molecule has 0 fully saturated rings. The summed E-state index contributed by atoms with van der Waals surface area (Å²) in [5.41, 5.74) is 3.15. The van der Waals surface area contributed by atoms with Gasteiger partial charge in [0, 0.05) is 18.2 Å². The minimum absolute atomic E-state index is 0.0163. The third kappa shape index (κ3) is 3.96. The van der Waals surface area contributed by atoms with E-state index < -0.39 is 0 Å². The van der Waals surface area contributed by atoms with E-state index in [1.807, 2.05) is 41.9 Å². The Bertz CT molecular complexity index is 840. The second-order valence-corrected chi connectivity index (χ2v) is 6.79. The first-order valence-corrected chi connectivity index (χ1v) is 9.16. The molecule has 26 heavy (non-hydrogen) atoms. The first kappa shape index (κ1) is 18.2. The molecule has 0 aliphatic heterocycles. The molecule has 1 aromatic carbocycles. The van der Waals surface area contributed by atoms with Crippen LogP contribution in [0.25, 0.3) is 5.65 Å². The average Bonchev–Trinajstić information content (AvgIpc) is 3.09. The van der Waals surface area contributed by atoms with Crippen LogP contribution in [0.4, 0.5) is 11.6 Å². The molecule has 1 atom stereocenters. The third-order valence-corrected chi connectivity index (χ3v) is 4.50. The molecular formula is C20H27N5O. The van der Waals surface area contributed by atoms with Crippen LogP contribution in [0.5, 0.6) is 0 Å². The monoisotopic (exact) mass is 353 g/mol. The van der Waals surface area contributed by atoms with Crippen LogP contribution < -0.4 is 10.6 Å². The predicted molar refractivity (Wildman–Crippen MR) is 106 cm³/mol. The van der Waals surface area contributed by atoms with Gasteiger partial charge < -0.3 is 15.7 Å². The Morgan fingerprint density at radius 2 is 1.96 bits per heavy atom. The molecule has 0 unspecified atom stereocenters. The molecule has 0 bridgehead atoms. The summed E-state index contributed by atoms with van der Waals surface area (Å²) in [5, 5.41) is 20.8. The predicted octanol–water partition coefficient (Wildman–Crippen LogP) is 3.65. The quantitative estimate of drug-likeness (QED) is 0.576. The molecule has 6 heteroatoms. The lowest BCUT2D eigenvalue weighted by Gasteiger charge is -2.17. The molecule has 3 N–H and O–H groups in total. The van der Waals surface area contributed by atoms with Crippen molar-refractivity contribution in [3.63, 3.8) is 0 Å². The van der Waals surface area contributed by atoms with Crippen molar-refractivity contribution >= 4 is 17.3 Å². The summed E-state index contributed by atoms with van der Waals surface area (Å²) in [6.45, 7) is 7.09. The summed E-state index contributed by atoms with van der Waals surface area (Å²) in [6.07, 6.45) is 2.71. The van der Waals surface area contributed by atoms with Crippen LogP contribution in [0.2, 0.25) is 0 Å². The van der Waals surface area contributed by atoms with E-state index in [0.717, 1.165) is 29.3 Å². The number of anilines is 2. The maximum Gasteiger partial charge on any atom is 0.163 e. The highest BCUT2D eigenvalue weighted by Gasteiger charge is 2.15. The zero-order valence-electron chi connectivity index (χ0n) is 15.6. The zero-order valence-corrected chi connectivity index (χ0v) is 15.6. The average molecular weight is 353 g/mol. The summed E-state index contributed by atoms with van der Waals surface area (Å²) in [7, 11) is 0. The van der Waals surface area contributed by atoms with Gasteiger partial charge in [-0.2, -0.15) is 9.61 Å². The maximum absolute atomic E-state index is 9.50. The molecule has 6 nitrogen and oxygen atoms in total. The lowest BCUT2D eigenvalue weighted by atomic mass is 10.1. The van der Waals surface area contributed by atoms with Crippen molar-refractivity contribution in [1.82, 2.24) is 14.6 Å². The molecule has 0 amide bonds. The van der Waals surface area contributed by atoms with Crippen molar-refractivity contribution in [1.29, 1.82) is 0 Å². The lowest BCUT2D eigenvalue weighted by Crippen LogP contribution is -2.23. The number of hydrogen-bond acceptors (Lipinski definition) is 5. The van der Waals surface area contributed by atoms with E-state index in [-0.39, 0.29) is 12.6 Å². The molecule has 0 radical (unpaired) electrons. The van der Waals surface area contributed by atoms with E-state index in [1.54, 1.807) is 0 Å². The number of aromatic nitrogens is 3. The van der Waals surface area contributed by atoms with Crippen molar-refractivity contribution in [3.05, 3.63) is 53.7 Å². The molecule has 3 rings (SSSR count). The second kappa shape index (κ2) is 8.19. The van der Waals surface area contributed by atoms with Gasteiger partial charge in [-0.05, 0) is 17.9 Å². The Morgan fingerprint density at radius 3 is 2.62 bits per heavy atom. The number of hydrogen-bond donors (Lipinski definition) is 3. The molecule has 2 aromatic heterocycles. The highest BCUT2D eigenvalue weighted by molar-refractivity contribution is 5.61. The lowest BCUT2D eigenvalue weighted by molar-refractivity contribution is 0.271. The number of aliphatic hydroxyl groups is 1. The van der Waals surface area contributed by atoms with Crippen molar-refractivity contribution in [2.45, 2.75) is 45.7 Å².